The molecule has 3 rings (SSSR count). The van der Waals surface area contributed by atoms with Gasteiger partial charge in [-0.15, -0.1) is 0 Å². The van der Waals surface area contributed by atoms with Crippen molar-refractivity contribution in [2.45, 2.75) is 19.0 Å². The first-order chi connectivity index (χ1) is 9.81. The highest BCUT2D eigenvalue weighted by molar-refractivity contribution is 5.76. The molecule has 0 radical (unpaired) electrons. The summed E-state index contributed by atoms with van der Waals surface area (Å²) in [5, 5.41) is 3.04. The van der Waals surface area contributed by atoms with E-state index in [-0.39, 0.29) is 12.1 Å². The van der Waals surface area contributed by atoms with Gasteiger partial charge in [-0.2, -0.15) is 0 Å². The molecule has 2 heterocycles. The van der Waals surface area contributed by atoms with Crippen LogP contribution in [0.2, 0.25) is 0 Å². The molecule has 0 saturated carbocycles. The van der Waals surface area contributed by atoms with Crippen molar-refractivity contribution in [1.82, 2.24) is 19.8 Å². The van der Waals surface area contributed by atoms with Crippen LogP contribution < -0.4 is 5.32 Å². The number of carbonyl (C=O) groups is 1. The topological polar surface area (TPSA) is 50.2 Å². The summed E-state index contributed by atoms with van der Waals surface area (Å²) in [5.74, 6) is 0. The summed E-state index contributed by atoms with van der Waals surface area (Å²) >= 11 is 0. The van der Waals surface area contributed by atoms with Crippen LogP contribution in [0, 0.1) is 0 Å². The molecule has 5 heteroatoms. The Morgan fingerprint density at radius 1 is 1.35 bits per heavy atom. The number of amides is 1. The van der Waals surface area contributed by atoms with E-state index in [1.54, 1.807) is 12.4 Å². The van der Waals surface area contributed by atoms with Gasteiger partial charge in [0, 0.05) is 38.1 Å². The highest BCUT2D eigenvalue weighted by Crippen LogP contribution is 2.13. The normalized spacial score (nSPS) is 19.1. The molecule has 1 saturated heterocycles. The number of aromatic nitrogens is 2. The fourth-order valence-corrected chi connectivity index (χ4v) is 2.56. The van der Waals surface area contributed by atoms with E-state index >= 15 is 0 Å². The summed E-state index contributed by atoms with van der Waals surface area (Å²) in [6.07, 6.45) is 5.78. The number of benzene rings is 1. The van der Waals surface area contributed by atoms with Gasteiger partial charge in [0.05, 0.1) is 0 Å². The number of rotatable bonds is 3. The fourth-order valence-electron chi connectivity index (χ4n) is 2.56. The van der Waals surface area contributed by atoms with Gasteiger partial charge in [-0.3, -0.25) is 9.47 Å². The number of hydrogen-bond acceptors (Lipinski definition) is 3. The number of nitrogens with one attached hydrogen (secondary N) is 1. The Labute approximate surface area is 118 Å². The minimum Gasteiger partial charge on any atom is -0.333 e. The van der Waals surface area contributed by atoms with E-state index in [9.17, 15) is 4.79 Å². The average molecular weight is 270 g/mol. The van der Waals surface area contributed by atoms with E-state index in [1.165, 1.54) is 16.5 Å². The zero-order valence-electron chi connectivity index (χ0n) is 11.3. The molecule has 2 aromatic rings. The van der Waals surface area contributed by atoms with Crippen LogP contribution >= 0.6 is 0 Å². The summed E-state index contributed by atoms with van der Waals surface area (Å²) < 4.78 is 1.47. The predicted octanol–water partition coefficient (Wildman–Crippen LogP) is 1.72. The summed E-state index contributed by atoms with van der Waals surface area (Å²) in [6, 6.07) is 10.5. The van der Waals surface area contributed by atoms with Crippen LogP contribution in [0.25, 0.3) is 0 Å². The first kappa shape index (κ1) is 12.9. The Morgan fingerprint density at radius 2 is 2.20 bits per heavy atom. The first-order valence-corrected chi connectivity index (χ1v) is 6.86. The van der Waals surface area contributed by atoms with Crippen molar-refractivity contribution < 1.29 is 4.79 Å². The second-order valence-corrected chi connectivity index (χ2v) is 5.13. The van der Waals surface area contributed by atoms with E-state index in [0.717, 1.165) is 26.1 Å². The Bertz CT molecular complexity index is 553. The second-order valence-electron chi connectivity index (χ2n) is 5.13. The minimum absolute atomic E-state index is 0.103. The molecular formula is C15H18N4O. The number of imidazole rings is 1. The molecule has 1 aromatic heterocycles. The maximum Gasteiger partial charge on any atom is 0.327 e. The molecule has 0 bridgehead atoms. The molecule has 5 nitrogen and oxygen atoms in total. The SMILES string of the molecule is O=C(NC1CCN(Cc2ccccc2)C1)n1ccnc1. The van der Waals surface area contributed by atoms with E-state index in [1.807, 2.05) is 6.07 Å². The summed E-state index contributed by atoms with van der Waals surface area (Å²) in [4.78, 5) is 18.2. The molecule has 1 amide bonds. The average Bonchev–Trinajstić information content (AvgIpc) is 3.11. The van der Waals surface area contributed by atoms with Gasteiger partial charge in [0.2, 0.25) is 0 Å². The predicted molar refractivity (Wildman–Crippen MR) is 76.3 cm³/mol. The molecule has 1 fully saturated rings. The van der Waals surface area contributed by atoms with Gasteiger partial charge in [-0.05, 0) is 12.0 Å². The number of hydrogen-bond donors (Lipinski definition) is 1. The Morgan fingerprint density at radius 3 is 2.95 bits per heavy atom. The maximum atomic E-state index is 11.9. The maximum absolute atomic E-state index is 11.9. The summed E-state index contributed by atoms with van der Waals surface area (Å²) in [6.45, 7) is 2.86. The molecule has 104 valence electrons. The molecule has 20 heavy (non-hydrogen) atoms. The Hall–Kier alpha value is -2.14. The van der Waals surface area contributed by atoms with Gasteiger partial charge >= 0.3 is 6.03 Å². The fraction of sp³-hybridized carbons (Fsp3) is 0.333. The van der Waals surface area contributed by atoms with E-state index in [4.69, 9.17) is 0 Å². The van der Waals surface area contributed by atoms with Crippen LogP contribution in [0.1, 0.15) is 12.0 Å². The lowest BCUT2D eigenvalue weighted by atomic mass is 10.2. The van der Waals surface area contributed by atoms with Crippen molar-refractivity contribution in [3.8, 4) is 0 Å². The van der Waals surface area contributed by atoms with Crippen LogP contribution in [-0.4, -0.2) is 39.6 Å². The van der Waals surface area contributed by atoms with Crippen molar-refractivity contribution in [2.75, 3.05) is 13.1 Å². The van der Waals surface area contributed by atoms with Crippen LogP contribution in [0.5, 0.6) is 0 Å². The lowest BCUT2D eigenvalue weighted by Gasteiger charge is -2.16. The molecule has 1 aliphatic heterocycles. The van der Waals surface area contributed by atoms with E-state index in [2.05, 4.69) is 39.5 Å². The van der Waals surface area contributed by atoms with Crippen molar-refractivity contribution in [2.24, 2.45) is 0 Å². The highest BCUT2D eigenvalue weighted by atomic mass is 16.2. The monoisotopic (exact) mass is 270 g/mol. The molecule has 1 unspecified atom stereocenters. The largest absolute Gasteiger partial charge is 0.333 e. The molecule has 1 aromatic carbocycles. The molecule has 0 spiro atoms. The zero-order chi connectivity index (χ0) is 13.8. The summed E-state index contributed by atoms with van der Waals surface area (Å²) in [5.41, 5.74) is 1.31. The lowest BCUT2D eigenvalue weighted by molar-refractivity contribution is 0.237. The standard InChI is InChI=1S/C15H18N4O/c20-15(19-9-7-16-12-19)17-14-6-8-18(11-14)10-13-4-2-1-3-5-13/h1-5,7,9,12,14H,6,8,10-11H2,(H,17,20). The van der Waals surface area contributed by atoms with Crippen molar-refractivity contribution in [3.63, 3.8) is 0 Å². The van der Waals surface area contributed by atoms with Crippen LogP contribution in [-0.2, 0) is 6.54 Å². The van der Waals surface area contributed by atoms with Gasteiger partial charge in [0.15, 0.2) is 0 Å². The van der Waals surface area contributed by atoms with E-state index in [0.29, 0.717) is 0 Å². The third-order valence-corrected chi connectivity index (χ3v) is 3.59. The smallest absolute Gasteiger partial charge is 0.327 e. The van der Waals surface area contributed by atoms with Crippen molar-refractivity contribution in [1.29, 1.82) is 0 Å². The lowest BCUT2D eigenvalue weighted by Crippen LogP contribution is -2.39. The van der Waals surface area contributed by atoms with Crippen LogP contribution in [0.4, 0.5) is 4.79 Å². The van der Waals surface area contributed by atoms with Crippen LogP contribution in [0.3, 0.4) is 0 Å². The van der Waals surface area contributed by atoms with Gasteiger partial charge in [-0.25, -0.2) is 9.78 Å². The van der Waals surface area contributed by atoms with Gasteiger partial charge in [0.1, 0.15) is 6.33 Å². The van der Waals surface area contributed by atoms with Gasteiger partial charge in [-0.1, -0.05) is 30.3 Å². The first-order valence-electron chi connectivity index (χ1n) is 6.86. The quantitative estimate of drug-likeness (QED) is 0.924. The number of carbonyl (C=O) groups excluding carboxylic acids is 1. The van der Waals surface area contributed by atoms with Crippen LogP contribution in [0.15, 0.2) is 49.1 Å². The Kier molecular flexibility index (Phi) is 3.78. The second kappa shape index (κ2) is 5.88. The highest BCUT2D eigenvalue weighted by Gasteiger charge is 2.24. The molecular weight excluding hydrogens is 252 g/mol. The third kappa shape index (κ3) is 3.05. The molecule has 0 aliphatic carbocycles. The number of nitrogens with zero attached hydrogens (tertiary/aromatic N) is 3. The van der Waals surface area contributed by atoms with Gasteiger partial charge < -0.3 is 5.32 Å². The number of likely N-dealkylation sites (tertiary alicyclic amines) is 1. The molecule has 1 atom stereocenters. The van der Waals surface area contributed by atoms with Crippen molar-refractivity contribution in [3.05, 3.63) is 54.6 Å². The molecule has 1 aliphatic rings. The molecule has 1 N–H and O–H groups in total. The zero-order valence-corrected chi connectivity index (χ0v) is 11.3. The third-order valence-electron chi connectivity index (χ3n) is 3.59. The Balaban J connectivity index is 1.51. The van der Waals surface area contributed by atoms with E-state index < -0.39 is 0 Å². The minimum atomic E-state index is -0.103. The van der Waals surface area contributed by atoms with Gasteiger partial charge in [0.25, 0.3) is 0 Å². The summed E-state index contributed by atoms with van der Waals surface area (Å²) in [7, 11) is 0. The van der Waals surface area contributed by atoms with Crippen molar-refractivity contribution >= 4 is 6.03 Å².